The van der Waals surface area contributed by atoms with Crippen LogP contribution in [0.1, 0.15) is 76.2 Å². The number of benzene rings is 1. The summed E-state index contributed by atoms with van der Waals surface area (Å²) in [6, 6.07) is 2.63. The Balaban J connectivity index is 1.60. The predicted molar refractivity (Wildman–Crippen MR) is 93.3 cm³/mol. The predicted octanol–water partition coefficient (Wildman–Crippen LogP) is 6.46. The van der Waals surface area contributed by atoms with E-state index in [4.69, 9.17) is 4.74 Å². The molecule has 0 unspecified atom stereocenters. The Morgan fingerprint density at radius 2 is 1.38 bits per heavy atom. The molecule has 0 N–H and O–H groups in total. The first-order chi connectivity index (χ1) is 11.6. The zero-order valence-corrected chi connectivity index (χ0v) is 15.0. The molecule has 24 heavy (non-hydrogen) atoms. The molecule has 0 saturated heterocycles. The molecule has 0 spiro atoms. The van der Waals surface area contributed by atoms with Crippen LogP contribution in [0.2, 0.25) is 0 Å². The lowest BCUT2D eigenvalue weighted by Crippen LogP contribution is -2.25. The Labute approximate surface area is 144 Å². The van der Waals surface area contributed by atoms with E-state index in [0.717, 1.165) is 43.4 Å². The highest BCUT2D eigenvalue weighted by Crippen LogP contribution is 2.45. The van der Waals surface area contributed by atoms with Gasteiger partial charge < -0.3 is 4.74 Å². The first-order valence-corrected chi connectivity index (χ1v) is 9.65. The van der Waals surface area contributed by atoms with Gasteiger partial charge in [0.25, 0.3) is 0 Å². The average molecular weight is 336 g/mol. The molecule has 0 radical (unpaired) electrons. The molecule has 0 aromatic heterocycles. The number of ether oxygens (including phenoxy) is 1. The van der Waals surface area contributed by atoms with Crippen molar-refractivity contribution in [3.8, 4) is 5.75 Å². The minimum atomic E-state index is -0.446. The van der Waals surface area contributed by atoms with Crippen LogP contribution >= 0.6 is 0 Å². The van der Waals surface area contributed by atoms with Crippen LogP contribution < -0.4 is 4.74 Å². The highest BCUT2D eigenvalue weighted by molar-refractivity contribution is 5.33. The molecule has 1 nitrogen and oxygen atoms in total. The summed E-state index contributed by atoms with van der Waals surface area (Å²) in [6.07, 6.45) is 10.9. The van der Waals surface area contributed by atoms with Crippen molar-refractivity contribution in [2.24, 2.45) is 17.8 Å². The maximum atomic E-state index is 14.3. The van der Waals surface area contributed by atoms with Crippen molar-refractivity contribution < 1.29 is 13.5 Å². The van der Waals surface area contributed by atoms with E-state index in [9.17, 15) is 8.78 Å². The largest absolute Gasteiger partial charge is 0.497 e. The second-order valence-electron chi connectivity index (χ2n) is 7.81. The smallest absolute Gasteiger partial charge is 0.133 e. The summed E-state index contributed by atoms with van der Waals surface area (Å²) in [5, 5.41) is 0. The van der Waals surface area contributed by atoms with Crippen molar-refractivity contribution in [2.75, 3.05) is 7.11 Å². The number of halogens is 2. The molecule has 3 heteroatoms. The van der Waals surface area contributed by atoms with Gasteiger partial charge in [-0.15, -0.1) is 0 Å². The second-order valence-corrected chi connectivity index (χ2v) is 7.81. The molecule has 2 saturated carbocycles. The number of hydrogen-bond acceptors (Lipinski definition) is 1. The molecule has 2 fully saturated rings. The van der Waals surface area contributed by atoms with Gasteiger partial charge in [-0.3, -0.25) is 0 Å². The lowest BCUT2D eigenvalue weighted by molar-refractivity contribution is 0.157. The van der Waals surface area contributed by atoms with Crippen molar-refractivity contribution >= 4 is 0 Å². The second kappa shape index (κ2) is 7.84. The van der Waals surface area contributed by atoms with E-state index >= 15 is 0 Å². The van der Waals surface area contributed by atoms with Gasteiger partial charge in [-0.25, -0.2) is 8.78 Å². The number of hydrogen-bond donors (Lipinski definition) is 0. The molecule has 2 aliphatic carbocycles. The maximum Gasteiger partial charge on any atom is 0.133 e. The Kier molecular flexibility index (Phi) is 5.78. The normalized spacial score (nSPS) is 31.0. The van der Waals surface area contributed by atoms with Crippen LogP contribution in [0.25, 0.3) is 0 Å². The van der Waals surface area contributed by atoms with Gasteiger partial charge in [-0.2, -0.15) is 0 Å². The zero-order valence-electron chi connectivity index (χ0n) is 15.0. The molecule has 1 aromatic carbocycles. The van der Waals surface area contributed by atoms with E-state index in [1.54, 1.807) is 0 Å². The summed E-state index contributed by atoms with van der Waals surface area (Å²) in [5.41, 5.74) is 0.281. The first-order valence-electron chi connectivity index (χ1n) is 9.65. The fourth-order valence-corrected chi connectivity index (χ4v) is 5.02. The topological polar surface area (TPSA) is 9.23 Å². The molecule has 134 valence electrons. The van der Waals surface area contributed by atoms with Gasteiger partial charge in [0.1, 0.15) is 17.4 Å². The standard InChI is InChI=1S/C21H30F2O/c1-3-14-4-6-15(7-5-14)16-8-10-17(11-9-16)21-19(22)12-18(24-2)13-20(21)23/h12-17H,3-11H2,1-2H3. The van der Waals surface area contributed by atoms with Crippen molar-refractivity contribution in [3.05, 3.63) is 29.3 Å². The van der Waals surface area contributed by atoms with Crippen LogP contribution in [-0.2, 0) is 0 Å². The molecule has 2 aliphatic rings. The van der Waals surface area contributed by atoms with E-state index < -0.39 is 11.6 Å². The van der Waals surface area contributed by atoms with Gasteiger partial charge >= 0.3 is 0 Å². The third-order valence-electron chi connectivity index (χ3n) is 6.60. The van der Waals surface area contributed by atoms with E-state index in [-0.39, 0.29) is 17.2 Å². The van der Waals surface area contributed by atoms with E-state index in [2.05, 4.69) is 6.92 Å². The minimum absolute atomic E-state index is 0.0270. The van der Waals surface area contributed by atoms with Crippen LogP contribution in [-0.4, -0.2) is 7.11 Å². The van der Waals surface area contributed by atoms with E-state index in [1.165, 1.54) is 51.3 Å². The highest BCUT2D eigenvalue weighted by Gasteiger charge is 2.32. The van der Waals surface area contributed by atoms with Gasteiger partial charge in [0, 0.05) is 17.7 Å². The van der Waals surface area contributed by atoms with Crippen LogP contribution in [0.4, 0.5) is 8.78 Å². The van der Waals surface area contributed by atoms with Crippen molar-refractivity contribution in [3.63, 3.8) is 0 Å². The van der Waals surface area contributed by atoms with Crippen molar-refractivity contribution in [1.82, 2.24) is 0 Å². The fourth-order valence-electron chi connectivity index (χ4n) is 5.02. The van der Waals surface area contributed by atoms with Crippen molar-refractivity contribution in [1.29, 1.82) is 0 Å². The number of methoxy groups -OCH3 is 1. The Hall–Kier alpha value is -1.12. The molecule has 0 bridgehead atoms. The zero-order chi connectivity index (χ0) is 17.1. The summed E-state index contributed by atoms with van der Waals surface area (Å²) >= 11 is 0. The fraction of sp³-hybridized carbons (Fsp3) is 0.714. The highest BCUT2D eigenvalue weighted by atomic mass is 19.1. The van der Waals surface area contributed by atoms with E-state index in [0.29, 0.717) is 0 Å². The first kappa shape index (κ1) is 17.7. The Bertz CT molecular complexity index is 518. The van der Waals surface area contributed by atoms with Crippen LogP contribution in [0, 0.1) is 29.4 Å². The number of rotatable bonds is 4. The molecular formula is C21H30F2O. The quantitative estimate of drug-likeness (QED) is 0.613. The van der Waals surface area contributed by atoms with Crippen LogP contribution in [0.3, 0.4) is 0 Å². The lowest BCUT2D eigenvalue weighted by atomic mass is 9.68. The van der Waals surface area contributed by atoms with Crippen LogP contribution in [0.15, 0.2) is 12.1 Å². The molecular weight excluding hydrogens is 306 g/mol. The molecule has 0 heterocycles. The third-order valence-corrected chi connectivity index (χ3v) is 6.60. The van der Waals surface area contributed by atoms with Gasteiger partial charge in [-0.05, 0) is 62.2 Å². The molecule has 1 aromatic rings. The Morgan fingerprint density at radius 3 is 1.83 bits per heavy atom. The molecule has 3 rings (SSSR count). The van der Waals surface area contributed by atoms with Crippen molar-refractivity contribution in [2.45, 2.75) is 70.6 Å². The minimum Gasteiger partial charge on any atom is -0.497 e. The van der Waals surface area contributed by atoms with Gasteiger partial charge in [0.05, 0.1) is 7.11 Å². The monoisotopic (exact) mass is 336 g/mol. The lowest BCUT2D eigenvalue weighted by Gasteiger charge is -2.38. The van der Waals surface area contributed by atoms with Crippen LogP contribution in [0.5, 0.6) is 5.75 Å². The maximum absolute atomic E-state index is 14.3. The summed E-state index contributed by atoms with van der Waals surface area (Å²) < 4.78 is 33.5. The average Bonchev–Trinajstić information content (AvgIpc) is 2.61. The van der Waals surface area contributed by atoms with Gasteiger partial charge in [-0.1, -0.05) is 26.2 Å². The molecule has 0 amide bonds. The SMILES string of the molecule is CCC1CCC(C2CCC(c3c(F)cc(OC)cc3F)CC2)CC1. The molecule has 0 atom stereocenters. The van der Waals surface area contributed by atoms with Gasteiger partial charge in [0.15, 0.2) is 0 Å². The summed E-state index contributed by atoms with van der Waals surface area (Å²) in [7, 11) is 1.44. The third kappa shape index (κ3) is 3.75. The summed E-state index contributed by atoms with van der Waals surface area (Å²) in [5.74, 6) is 1.94. The Morgan fingerprint density at radius 1 is 0.875 bits per heavy atom. The van der Waals surface area contributed by atoms with E-state index in [1.807, 2.05) is 0 Å². The summed E-state index contributed by atoms with van der Waals surface area (Å²) in [6.45, 7) is 2.30. The summed E-state index contributed by atoms with van der Waals surface area (Å²) in [4.78, 5) is 0. The van der Waals surface area contributed by atoms with Gasteiger partial charge in [0.2, 0.25) is 0 Å². The molecule has 0 aliphatic heterocycles.